The van der Waals surface area contributed by atoms with E-state index in [2.05, 4.69) is 55.4 Å². The minimum absolute atomic E-state index is 0.101. The summed E-state index contributed by atoms with van der Waals surface area (Å²) in [4.78, 5) is 72.5. The Bertz CT molecular complexity index is 1780. The summed E-state index contributed by atoms with van der Waals surface area (Å²) in [5.74, 6) is 0.858. The maximum absolute atomic E-state index is 13.0. The molecule has 17 nitrogen and oxygen atoms in total. The largest absolute Gasteiger partial charge is 0.472 e. The van der Waals surface area contributed by atoms with Gasteiger partial charge in [0.2, 0.25) is 0 Å². The molecule has 0 aromatic heterocycles. The molecule has 0 aromatic carbocycles. The first kappa shape index (κ1) is 88.1. The van der Waals surface area contributed by atoms with Gasteiger partial charge in [-0.15, -0.1) is 0 Å². The number of hydrogen-bond donors (Lipinski definition) is 3. The summed E-state index contributed by atoms with van der Waals surface area (Å²) in [5, 5.41) is 10.6. The Labute approximate surface area is 549 Å². The number of esters is 4. The van der Waals surface area contributed by atoms with Gasteiger partial charge >= 0.3 is 39.5 Å². The number of aliphatic hydroxyl groups is 1. The van der Waals surface area contributed by atoms with E-state index in [1.807, 2.05) is 0 Å². The van der Waals surface area contributed by atoms with Crippen LogP contribution in [0.15, 0.2) is 0 Å². The van der Waals surface area contributed by atoms with E-state index in [4.69, 9.17) is 37.0 Å². The molecule has 19 heteroatoms. The van der Waals surface area contributed by atoms with Crippen LogP contribution in [0.25, 0.3) is 0 Å². The van der Waals surface area contributed by atoms with Crippen molar-refractivity contribution in [1.29, 1.82) is 0 Å². The van der Waals surface area contributed by atoms with Crippen molar-refractivity contribution in [2.45, 2.75) is 369 Å². The smallest absolute Gasteiger partial charge is 0.462 e. The van der Waals surface area contributed by atoms with Crippen molar-refractivity contribution in [2.24, 2.45) is 23.7 Å². The minimum Gasteiger partial charge on any atom is -0.462 e. The zero-order valence-corrected chi connectivity index (χ0v) is 60.6. The SMILES string of the molecule is CCC(C)CCCCCCCCCCCCC(=O)O[C@H](COC(=O)CCCCCCCCCCCCCCCC(C)C)COP(=O)(O)OCC(O)COP(=O)(O)OC[C@@H](COC(=O)CCCCCCCCCCC(C)C)OC(=O)CCCCCCCCC(C)C. The minimum atomic E-state index is -4.95. The predicted octanol–water partition coefficient (Wildman–Crippen LogP) is 20.1. The van der Waals surface area contributed by atoms with Crippen LogP contribution in [-0.2, 0) is 65.4 Å². The first-order valence-electron chi connectivity index (χ1n) is 36.7. The third-order valence-corrected chi connectivity index (χ3v) is 18.6. The molecule has 0 spiro atoms. The summed E-state index contributed by atoms with van der Waals surface area (Å²) >= 11 is 0. The molecular formula is C71H138O17P2. The first-order chi connectivity index (χ1) is 43.1. The Morgan fingerprint density at radius 2 is 0.533 bits per heavy atom. The molecule has 90 heavy (non-hydrogen) atoms. The van der Waals surface area contributed by atoms with Crippen molar-refractivity contribution in [3.8, 4) is 0 Å². The lowest BCUT2D eigenvalue weighted by Gasteiger charge is -2.21. The second-order valence-corrected chi connectivity index (χ2v) is 30.2. The van der Waals surface area contributed by atoms with Gasteiger partial charge < -0.3 is 33.8 Å². The molecule has 0 saturated heterocycles. The lowest BCUT2D eigenvalue weighted by atomic mass is 9.99. The number of aliphatic hydroxyl groups excluding tert-OH is 1. The molecule has 534 valence electrons. The zero-order valence-electron chi connectivity index (χ0n) is 58.8. The monoisotopic (exact) mass is 1320 g/mol. The van der Waals surface area contributed by atoms with Crippen LogP contribution in [0.1, 0.15) is 351 Å². The highest BCUT2D eigenvalue weighted by Crippen LogP contribution is 2.45. The molecule has 0 heterocycles. The predicted molar refractivity (Wildman–Crippen MR) is 363 cm³/mol. The summed E-state index contributed by atoms with van der Waals surface area (Å²) in [6.07, 6.45) is 43.2. The maximum Gasteiger partial charge on any atom is 0.472 e. The van der Waals surface area contributed by atoms with Gasteiger partial charge in [0.25, 0.3) is 0 Å². The van der Waals surface area contributed by atoms with Crippen LogP contribution in [0.3, 0.4) is 0 Å². The molecular weight excluding hydrogens is 1190 g/mol. The molecule has 0 aliphatic rings. The van der Waals surface area contributed by atoms with Crippen LogP contribution < -0.4 is 0 Å². The van der Waals surface area contributed by atoms with Gasteiger partial charge in [-0.25, -0.2) is 9.13 Å². The van der Waals surface area contributed by atoms with E-state index in [9.17, 15) is 43.2 Å². The third kappa shape index (κ3) is 63.5. The highest BCUT2D eigenvalue weighted by molar-refractivity contribution is 7.47. The lowest BCUT2D eigenvalue weighted by molar-refractivity contribution is -0.161. The van der Waals surface area contributed by atoms with Crippen molar-refractivity contribution in [1.82, 2.24) is 0 Å². The number of carbonyl (C=O) groups is 4. The van der Waals surface area contributed by atoms with E-state index in [1.165, 1.54) is 154 Å². The lowest BCUT2D eigenvalue weighted by Crippen LogP contribution is -2.30. The Kier molecular flexibility index (Phi) is 59.4. The van der Waals surface area contributed by atoms with Gasteiger partial charge in [0.05, 0.1) is 26.4 Å². The van der Waals surface area contributed by atoms with E-state index in [1.54, 1.807) is 0 Å². The molecule has 0 bridgehead atoms. The molecule has 6 atom stereocenters. The van der Waals surface area contributed by atoms with Gasteiger partial charge in [0.15, 0.2) is 12.2 Å². The summed E-state index contributed by atoms with van der Waals surface area (Å²) in [6.45, 7) is 14.1. The van der Waals surface area contributed by atoms with E-state index >= 15 is 0 Å². The Hall–Kier alpha value is -1.94. The summed E-state index contributed by atoms with van der Waals surface area (Å²) in [5.41, 5.74) is 0. The highest BCUT2D eigenvalue weighted by atomic mass is 31.2. The van der Waals surface area contributed by atoms with Gasteiger partial charge in [-0.1, -0.05) is 299 Å². The standard InChI is InChI=1S/C71H138O17P2/c1-9-64(8)50-42-34-25-18-15-16-20-28-37-45-53-70(75)87-66(57-81-68(73)51-43-35-26-19-14-12-10-11-13-17-23-31-39-47-61(2)3)59-85-89(77,78)83-55-65(72)56-84-90(79,80)86-60-67(88-71(76)54-46-38-30-29-33-41-49-63(6)7)58-82-69(74)52-44-36-27-22-21-24-32-40-48-62(4)5/h61-67,72H,9-60H2,1-8H3,(H,77,78)(H,79,80)/t64?,65?,66-,67-/m1/s1. The highest BCUT2D eigenvalue weighted by Gasteiger charge is 2.30. The van der Waals surface area contributed by atoms with Crippen LogP contribution in [0.5, 0.6) is 0 Å². The summed E-state index contributed by atoms with van der Waals surface area (Å²) in [6, 6.07) is 0. The van der Waals surface area contributed by atoms with E-state index in [0.717, 1.165) is 108 Å². The molecule has 0 aliphatic carbocycles. The first-order valence-corrected chi connectivity index (χ1v) is 39.7. The Morgan fingerprint density at radius 3 is 0.789 bits per heavy atom. The van der Waals surface area contributed by atoms with Crippen LogP contribution in [-0.4, -0.2) is 96.7 Å². The second-order valence-electron chi connectivity index (χ2n) is 27.3. The Balaban J connectivity index is 5.23. The van der Waals surface area contributed by atoms with E-state index in [-0.39, 0.29) is 25.7 Å². The summed E-state index contributed by atoms with van der Waals surface area (Å²) in [7, 11) is -9.90. The van der Waals surface area contributed by atoms with Crippen LogP contribution in [0.4, 0.5) is 0 Å². The molecule has 3 N–H and O–H groups in total. The molecule has 0 saturated carbocycles. The zero-order chi connectivity index (χ0) is 66.8. The maximum atomic E-state index is 13.0. The molecule has 0 radical (unpaired) electrons. The number of rotatable bonds is 68. The number of phosphoric ester groups is 2. The average molecular weight is 1330 g/mol. The fraction of sp³-hybridized carbons (Fsp3) is 0.944. The Morgan fingerprint density at radius 1 is 0.311 bits per heavy atom. The third-order valence-electron chi connectivity index (χ3n) is 16.7. The molecule has 0 aliphatic heterocycles. The van der Waals surface area contributed by atoms with Crippen molar-refractivity contribution in [3.63, 3.8) is 0 Å². The van der Waals surface area contributed by atoms with Crippen molar-refractivity contribution in [3.05, 3.63) is 0 Å². The second kappa shape index (κ2) is 60.7. The van der Waals surface area contributed by atoms with E-state index < -0.39 is 97.5 Å². The normalized spacial score (nSPS) is 14.6. The molecule has 0 rings (SSSR count). The number of unbranched alkanes of at least 4 members (excludes halogenated alkanes) is 33. The van der Waals surface area contributed by atoms with Crippen molar-refractivity contribution >= 4 is 39.5 Å². The quantitative estimate of drug-likeness (QED) is 0.0222. The molecule has 4 unspecified atom stereocenters. The number of phosphoric acid groups is 2. The topological polar surface area (TPSA) is 237 Å². The van der Waals surface area contributed by atoms with Crippen LogP contribution >= 0.6 is 15.6 Å². The van der Waals surface area contributed by atoms with Crippen molar-refractivity contribution in [2.75, 3.05) is 39.6 Å². The van der Waals surface area contributed by atoms with Crippen molar-refractivity contribution < 1.29 is 80.2 Å². The van der Waals surface area contributed by atoms with Crippen LogP contribution in [0.2, 0.25) is 0 Å². The van der Waals surface area contributed by atoms with Crippen LogP contribution in [0, 0.1) is 23.7 Å². The van der Waals surface area contributed by atoms with Gasteiger partial charge in [-0.2, -0.15) is 0 Å². The van der Waals surface area contributed by atoms with Gasteiger partial charge in [0.1, 0.15) is 19.3 Å². The van der Waals surface area contributed by atoms with Gasteiger partial charge in [0, 0.05) is 25.7 Å². The summed E-state index contributed by atoms with van der Waals surface area (Å²) < 4.78 is 68.3. The van der Waals surface area contributed by atoms with E-state index in [0.29, 0.717) is 31.6 Å². The number of hydrogen-bond acceptors (Lipinski definition) is 15. The fourth-order valence-corrected chi connectivity index (χ4v) is 12.2. The molecule has 0 aromatic rings. The van der Waals surface area contributed by atoms with Gasteiger partial charge in [-0.05, 0) is 49.4 Å². The number of ether oxygens (including phenoxy) is 4. The molecule has 0 amide bonds. The van der Waals surface area contributed by atoms with Gasteiger partial charge in [-0.3, -0.25) is 37.3 Å². The number of carbonyl (C=O) groups excluding carboxylic acids is 4. The fourth-order valence-electron chi connectivity index (χ4n) is 10.6. The molecule has 0 fully saturated rings. The average Bonchev–Trinajstić information content (AvgIpc) is 3.63.